The van der Waals surface area contributed by atoms with Crippen LogP contribution in [0.15, 0.2) is 0 Å². The molecule has 6 nitrogen and oxygen atoms in total. The molecule has 6 heteroatoms. The average Bonchev–Trinajstić information content (AvgIpc) is 2.70. The molecule has 0 fully saturated rings. The van der Waals surface area contributed by atoms with E-state index >= 15 is 0 Å². The first-order valence-corrected chi connectivity index (χ1v) is 11.6. The monoisotopic (exact) mass is 398 g/mol. The van der Waals surface area contributed by atoms with Crippen LogP contribution in [0, 0.1) is 0 Å². The van der Waals surface area contributed by atoms with E-state index in [1.165, 1.54) is 64.2 Å². The Bertz CT molecular complexity index is 330. The Morgan fingerprint density at radius 2 is 0.714 bits per heavy atom. The van der Waals surface area contributed by atoms with Crippen LogP contribution in [0.5, 0.6) is 0 Å². The van der Waals surface area contributed by atoms with Crippen LogP contribution < -0.4 is 22.1 Å². The highest BCUT2D eigenvalue weighted by atomic mass is 16.2. The van der Waals surface area contributed by atoms with E-state index in [1.54, 1.807) is 0 Å². The summed E-state index contributed by atoms with van der Waals surface area (Å²) in [5, 5.41) is 5.62. The van der Waals surface area contributed by atoms with E-state index in [4.69, 9.17) is 11.5 Å². The van der Waals surface area contributed by atoms with Crippen molar-refractivity contribution in [2.24, 2.45) is 11.5 Å². The number of nitrogens with one attached hydrogen (secondary N) is 2. The van der Waals surface area contributed by atoms with Crippen molar-refractivity contribution < 1.29 is 9.59 Å². The molecule has 0 aliphatic heterocycles. The van der Waals surface area contributed by atoms with Gasteiger partial charge < -0.3 is 22.1 Å². The highest BCUT2D eigenvalue weighted by Gasteiger charge is 2.00. The molecule has 6 N–H and O–H groups in total. The molecular formula is C22H46N4O2. The van der Waals surface area contributed by atoms with Crippen molar-refractivity contribution in [3.63, 3.8) is 0 Å². The standard InChI is InChI=1S/C22H46N4O2/c23-17-19-25-21(27)15-13-11-9-7-5-3-1-2-4-6-8-10-12-14-16-22(28)26-20-18-24/h1-20,23-24H2,(H,25,27)(H,26,28). The molecule has 0 rings (SSSR count). The topological polar surface area (TPSA) is 110 Å². The predicted molar refractivity (Wildman–Crippen MR) is 118 cm³/mol. The molecule has 0 aliphatic carbocycles. The van der Waals surface area contributed by atoms with E-state index in [0.717, 1.165) is 25.7 Å². The zero-order valence-electron chi connectivity index (χ0n) is 18.1. The van der Waals surface area contributed by atoms with Crippen LogP contribution >= 0.6 is 0 Å². The lowest BCUT2D eigenvalue weighted by Crippen LogP contribution is -2.28. The summed E-state index contributed by atoms with van der Waals surface area (Å²) in [4.78, 5) is 22.8. The Kier molecular flexibility index (Phi) is 21.3. The second kappa shape index (κ2) is 22.2. The van der Waals surface area contributed by atoms with Gasteiger partial charge in [0, 0.05) is 39.0 Å². The number of rotatable bonds is 21. The molecule has 28 heavy (non-hydrogen) atoms. The summed E-state index contributed by atoms with van der Waals surface area (Å²) < 4.78 is 0. The molecule has 0 aliphatic rings. The summed E-state index contributed by atoms with van der Waals surface area (Å²) in [7, 11) is 0. The second-order valence-corrected chi connectivity index (χ2v) is 7.73. The highest BCUT2D eigenvalue weighted by Crippen LogP contribution is 2.13. The van der Waals surface area contributed by atoms with E-state index in [9.17, 15) is 9.59 Å². The van der Waals surface area contributed by atoms with Crippen LogP contribution in [0.4, 0.5) is 0 Å². The molecule has 0 saturated heterocycles. The van der Waals surface area contributed by atoms with Crippen LogP contribution in [0.25, 0.3) is 0 Å². The molecule has 0 unspecified atom stereocenters. The Balaban J connectivity index is 3.12. The van der Waals surface area contributed by atoms with Crippen molar-refractivity contribution in [2.75, 3.05) is 26.2 Å². The molecule has 0 spiro atoms. The zero-order valence-corrected chi connectivity index (χ0v) is 18.1. The zero-order chi connectivity index (χ0) is 20.7. The fraction of sp³-hybridized carbons (Fsp3) is 0.909. The maximum absolute atomic E-state index is 11.4. The highest BCUT2D eigenvalue weighted by molar-refractivity contribution is 5.76. The van der Waals surface area contributed by atoms with E-state index < -0.39 is 0 Å². The van der Waals surface area contributed by atoms with Gasteiger partial charge >= 0.3 is 0 Å². The molecule has 0 saturated carbocycles. The molecule has 0 bridgehead atoms. The minimum Gasteiger partial charge on any atom is -0.355 e. The van der Waals surface area contributed by atoms with Crippen LogP contribution in [-0.4, -0.2) is 38.0 Å². The Labute approximate surface area is 173 Å². The van der Waals surface area contributed by atoms with Gasteiger partial charge in [-0.3, -0.25) is 9.59 Å². The first-order chi connectivity index (χ1) is 13.7. The fourth-order valence-corrected chi connectivity index (χ4v) is 3.29. The van der Waals surface area contributed by atoms with Gasteiger partial charge in [0.1, 0.15) is 0 Å². The fourth-order valence-electron chi connectivity index (χ4n) is 3.29. The molecular weight excluding hydrogens is 352 g/mol. The van der Waals surface area contributed by atoms with Gasteiger partial charge in [0.05, 0.1) is 0 Å². The van der Waals surface area contributed by atoms with Crippen molar-refractivity contribution in [2.45, 2.75) is 103 Å². The summed E-state index contributed by atoms with van der Waals surface area (Å²) in [5.41, 5.74) is 10.7. The van der Waals surface area contributed by atoms with Crippen molar-refractivity contribution >= 4 is 11.8 Å². The lowest BCUT2D eigenvalue weighted by atomic mass is 10.0. The first kappa shape index (κ1) is 26.9. The van der Waals surface area contributed by atoms with Gasteiger partial charge in [0.25, 0.3) is 0 Å². The van der Waals surface area contributed by atoms with E-state index in [0.29, 0.717) is 39.0 Å². The van der Waals surface area contributed by atoms with Crippen molar-refractivity contribution in [1.82, 2.24) is 10.6 Å². The number of hydrogen-bond acceptors (Lipinski definition) is 4. The van der Waals surface area contributed by atoms with E-state index in [1.807, 2.05) is 0 Å². The van der Waals surface area contributed by atoms with Crippen LogP contribution in [0.1, 0.15) is 103 Å². The van der Waals surface area contributed by atoms with Crippen LogP contribution in [0.3, 0.4) is 0 Å². The molecule has 0 atom stereocenters. The van der Waals surface area contributed by atoms with Gasteiger partial charge in [-0.05, 0) is 12.8 Å². The van der Waals surface area contributed by atoms with Gasteiger partial charge in [-0.25, -0.2) is 0 Å². The smallest absolute Gasteiger partial charge is 0.220 e. The molecule has 0 heterocycles. The number of unbranched alkanes of at least 4 members (excludes halogenated alkanes) is 13. The second-order valence-electron chi connectivity index (χ2n) is 7.73. The van der Waals surface area contributed by atoms with Gasteiger partial charge in [0.2, 0.25) is 11.8 Å². The SMILES string of the molecule is NCCNC(=O)CCCCCCCCCCCCCCCCC(=O)NCCN. The van der Waals surface area contributed by atoms with Crippen molar-refractivity contribution in [1.29, 1.82) is 0 Å². The minimum atomic E-state index is 0.137. The molecule has 2 amide bonds. The Hall–Kier alpha value is -1.14. The van der Waals surface area contributed by atoms with Gasteiger partial charge in [-0.15, -0.1) is 0 Å². The quantitative estimate of drug-likeness (QED) is 0.222. The Morgan fingerprint density at radius 3 is 0.964 bits per heavy atom. The maximum Gasteiger partial charge on any atom is 0.220 e. The number of carbonyl (C=O) groups is 2. The summed E-state index contributed by atoms with van der Waals surface area (Å²) in [6.07, 6.45) is 18.7. The first-order valence-electron chi connectivity index (χ1n) is 11.6. The van der Waals surface area contributed by atoms with Crippen molar-refractivity contribution in [3.8, 4) is 0 Å². The van der Waals surface area contributed by atoms with Gasteiger partial charge in [-0.2, -0.15) is 0 Å². The Morgan fingerprint density at radius 1 is 0.464 bits per heavy atom. The molecule has 0 radical (unpaired) electrons. The molecule has 0 aromatic heterocycles. The third kappa shape index (κ3) is 21.2. The lowest BCUT2D eigenvalue weighted by molar-refractivity contribution is -0.122. The molecule has 166 valence electrons. The summed E-state index contributed by atoms with van der Waals surface area (Å²) in [5.74, 6) is 0.275. The summed E-state index contributed by atoms with van der Waals surface area (Å²) >= 11 is 0. The number of amides is 2. The normalized spacial score (nSPS) is 10.8. The third-order valence-corrected chi connectivity index (χ3v) is 4.99. The predicted octanol–water partition coefficient (Wildman–Crippen LogP) is 3.38. The van der Waals surface area contributed by atoms with Crippen LogP contribution in [-0.2, 0) is 9.59 Å². The van der Waals surface area contributed by atoms with Gasteiger partial charge in [0.15, 0.2) is 0 Å². The largest absolute Gasteiger partial charge is 0.355 e. The minimum absolute atomic E-state index is 0.137. The number of hydrogen-bond donors (Lipinski definition) is 4. The van der Waals surface area contributed by atoms with E-state index in [2.05, 4.69) is 10.6 Å². The van der Waals surface area contributed by atoms with Crippen molar-refractivity contribution in [3.05, 3.63) is 0 Å². The average molecular weight is 399 g/mol. The van der Waals surface area contributed by atoms with Crippen LogP contribution in [0.2, 0.25) is 0 Å². The number of nitrogens with two attached hydrogens (primary N) is 2. The van der Waals surface area contributed by atoms with E-state index in [-0.39, 0.29) is 11.8 Å². The molecule has 0 aromatic carbocycles. The summed E-state index contributed by atoms with van der Waals surface area (Å²) in [6, 6.07) is 0. The summed E-state index contributed by atoms with van der Waals surface area (Å²) in [6.45, 7) is 2.21. The number of carbonyl (C=O) groups excluding carboxylic acids is 2. The lowest BCUT2D eigenvalue weighted by Gasteiger charge is -2.05. The van der Waals surface area contributed by atoms with Gasteiger partial charge in [-0.1, -0.05) is 77.0 Å². The molecule has 0 aromatic rings. The maximum atomic E-state index is 11.4. The third-order valence-electron chi connectivity index (χ3n) is 4.99.